The van der Waals surface area contributed by atoms with Crippen LogP contribution < -0.4 is 51.4 Å². The molecular weight excluding hydrogens is 222 g/mol. The SMILES string of the molecule is CCCCCC(=O)OP(=O)(O)O.[H-].[K+]. The van der Waals surface area contributed by atoms with Gasteiger partial charge in [0.05, 0.1) is 0 Å². The molecule has 0 aliphatic rings. The molecule has 74 valence electrons. The van der Waals surface area contributed by atoms with Crippen molar-refractivity contribution in [1.82, 2.24) is 0 Å². The molecule has 0 amide bonds. The van der Waals surface area contributed by atoms with Gasteiger partial charge in [0.1, 0.15) is 0 Å². The van der Waals surface area contributed by atoms with Gasteiger partial charge in [-0.25, -0.2) is 4.57 Å². The molecule has 0 saturated carbocycles. The van der Waals surface area contributed by atoms with Gasteiger partial charge in [0.15, 0.2) is 0 Å². The average Bonchev–Trinajstić information content (AvgIpc) is 1.84. The third-order valence-corrected chi connectivity index (χ3v) is 1.65. The van der Waals surface area contributed by atoms with E-state index >= 15 is 0 Å². The molecule has 0 atom stereocenters. The van der Waals surface area contributed by atoms with E-state index in [9.17, 15) is 9.36 Å². The van der Waals surface area contributed by atoms with Gasteiger partial charge in [-0.1, -0.05) is 19.8 Å². The fraction of sp³-hybridized carbons (Fsp3) is 0.833. The van der Waals surface area contributed by atoms with Crippen LogP contribution in [0.2, 0.25) is 0 Å². The van der Waals surface area contributed by atoms with Gasteiger partial charge < -0.3 is 5.95 Å². The van der Waals surface area contributed by atoms with Crippen LogP contribution in [0.4, 0.5) is 0 Å². The Labute approximate surface area is 121 Å². The number of phosphoric acid groups is 1. The number of carbonyl (C=O) groups is 1. The van der Waals surface area contributed by atoms with Gasteiger partial charge in [-0.05, 0) is 6.42 Å². The Morgan fingerprint density at radius 3 is 2.38 bits per heavy atom. The molecule has 0 bridgehead atoms. The molecule has 0 aromatic carbocycles. The van der Waals surface area contributed by atoms with Gasteiger partial charge in [-0.15, -0.1) is 0 Å². The average molecular weight is 236 g/mol. The Kier molecular flexibility index (Phi) is 11.0. The van der Waals surface area contributed by atoms with Crippen LogP contribution in [-0.4, -0.2) is 15.8 Å². The molecule has 7 heteroatoms. The van der Waals surface area contributed by atoms with Gasteiger partial charge in [0, 0.05) is 6.42 Å². The van der Waals surface area contributed by atoms with Crippen LogP contribution in [0, 0.1) is 0 Å². The first-order valence-corrected chi connectivity index (χ1v) is 5.26. The second-order valence-corrected chi connectivity index (χ2v) is 3.57. The van der Waals surface area contributed by atoms with Crippen molar-refractivity contribution in [3.63, 3.8) is 0 Å². The van der Waals surface area contributed by atoms with Crippen LogP contribution in [0.15, 0.2) is 0 Å². The molecular formula is C6H14KO5P. The van der Waals surface area contributed by atoms with Crippen LogP contribution >= 0.6 is 7.82 Å². The molecule has 5 nitrogen and oxygen atoms in total. The number of unbranched alkanes of at least 4 members (excludes halogenated alkanes) is 2. The van der Waals surface area contributed by atoms with Crippen LogP contribution in [-0.2, 0) is 13.9 Å². The van der Waals surface area contributed by atoms with Gasteiger partial charge >= 0.3 is 65.2 Å². The van der Waals surface area contributed by atoms with Crippen molar-refractivity contribution in [3.05, 3.63) is 0 Å². The third kappa shape index (κ3) is 13.3. The second-order valence-electron chi connectivity index (χ2n) is 2.41. The summed E-state index contributed by atoms with van der Waals surface area (Å²) < 4.78 is 13.9. The fourth-order valence-electron chi connectivity index (χ4n) is 0.698. The molecule has 0 fully saturated rings. The molecule has 0 unspecified atom stereocenters. The van der Waals surface area contributed by atoms with Gasteiger partial charge in [-0.3, -0.25) is 14.6 Å². The zero-order valence-electron chi connectivity index (χ0n) is 8.89. The van der Waals surface area contributed by atoms with Gasteiger partial charge in [0.25, 0.3) is 0 Å². The van der Waals surface area contributed by atoms with Gasteiger partial charge in [-0.2, -0.15) is 0 Å². The maximum Gasteiger partial charge on any atom is 1.00 e. The quantitative estimate of drug-likeness (QED) is 0.338. The summed E-state index contributed by atoms with van der Waals surface area (Å²) in [6.45, 7) is 1.97. The second kappa shape index (κ2) is 8.56. The van der Waals surface area contributed by atoms with Crippen molar-refractivity contribution >= 4 is 13.8 Å². The van der Waals surface area contributed by atoms with Crippen molar-refractivity contribution in [2.45, 2.75) is 32.6 Å². The van der Waals surface area contributed by atoms with Gasteiger partial charge in [0.2, 0.25) is 0 Å². The van der Waals surface area contributed by atoms with E-state index in [0.717, 1.165) is 12.8 Å². The number of carbonyl (C=O) groups excluding carboxylic acids is 1. The third-order valence-electron chi connectivity index (χ3n) is 1.21. The summed E-state index contributed by atoms with van der Waals surface area (Å²) in [5, 5.41) is 0. The summed E-state index contributed by atoms with van der Waals surface area (Å²) in [6, 6.07) is 0. The summed E-state index contributed by atoms with van der Waals surface area (Å²) in [7, 11) is -4.62. The smallest absolute Gasteiger partial charge is 1.00 e. The molecule has 0 rings (SSSR count). The van der Waals surface area contributed by atoms with Crippen molar-refractivity contribution < 1.29 is 76.5 Å². The van der Waals surface area contributed by atoms with Crippen molar-refractivity contribution in [2.24, 2.45) is 0 Å². The summed E-state index contributed by atoms with van der Waals surface area (Å²) >= 11 is 0. The molecule has 0 aliphatic carbocycles. The van der Waals surface area contributed by atoms with E-state index in [0.29, 0.717) is 6.42 Å². The predicted octanol–water partition coefficient (Wildman–Crippen LogP) is -1.68. The number of hydrogen-bond acceptors (Lipinski definition) is 3. The zero-order chi connectivity index (χ0) is 9.61. The first-order chi connectivity index (χ1) is 5.45. The molecule has 13 heavy (non-hydrogen) atoms. The molecule has 0 heterocycles. The molecule has 2 N–H and O–H groups in total. The Morgan fingerprint density at radius 1 is 1.46 bits per heavy atom. The van der Waals surface area contributed by atoms with Crippen LogP contribution in [0.3, 0.4) is 0 Å². The predicted molar refractivity (Wildman–Crippen MR) is 43.4 cm³/mol. The van der Waals surface area contributed by atoms with E-state index in [1.165, 1.54) is 0 Å². The van der Waals surface area contributed by atoms with E-state index in [-0.39, 0.29) is 59.2 Å². The first kappa shape index (κ1) is 16.7. The number of rotatable bonds is 5. The summed E-state index contributed by atoms with van der Waals surface area (Å²) in [5.41, 5.74) is 0. The van der Waals surface area contributed by atoms with Crippen LogP contribution in [0.5, 0.6) is 0 Å². The monoisotopic (exact) mass is 236 g/mol. The Bertz CT molecular complexity index is 195. The first-order valence-electron chi connectivity index (χ1n) is 3.73. The minimum absolute atomic E-state index is 0. The van der Waals surface area contributed by atoms with E-state index in [1.54, 1.807) is 0 Å². The van der Waals surface area contributed by atoms with Crippen LogP contribution in [0.25, 0.3) is 0 Å². The summed E-state index contributed by atoms with van der Waals surface area (Å²) in [6.07, 6.45) is 2.48. The molecule has 0 aliphatic heterocycles. The van der Waals surface area contributed by atoms with E-state index in [2.05, 4.69) is 4.52 Å². The molecule has 0 aromatic rings. The maximum absolute atomic E-state index is 10.6. The zero-order valence-corrected chi connectivity index (χ0v) is 11.9. The maximum atomic E-state index is 10.6. The number of phosphoric ester groups is 1. The normalized spacial score (nSPS) is 10.4. The Hall–Kier alpha value is 1.26. The molecule has 0 aromatic heterocycles. The Balaban J connectivity index is -0.000000605. The number of hydrogen-bond donors (Lipinski definition) is 2. The minimum atomic E-state index is -4.62. The van der Waals surface area contributed by atoms with E-state index in [1.807, 2.05) is 6.92 Å². The standard InChI is InChI=1S/C6H13O5P.K.H/c1-2-3-4-5-6(7)11-12(8,9)10;;/h2-5H2,1H3,(H2,8,9,10);;/q;+1;-1. The van der Waals surface area contributed by atoms with Crippen LogP contribution in [0.1, 0.15) is 34.0 Å². The minimum Gasteiger partial charge on any atom is -1.00 e. The molecule has 0 saturated heterocycles. The van der Waals surface area contributed by atoms with Crippen molar-refractivity contribution in [3.8, 4) is 0 Å². The fourth-order valence-corrected chi connectivity index (χ4v) is 1.05. The largest absolute Gasteiger partial charge is 1.00 e. The summed E-state index contributed by atoms with van der Waals surface area (Å²) in [4.78, 5) is 27.0. The Morgan fingerprint density at radius 2 is 2.00 bits per heavy atom. The van der Waals surface area contributed by atoms with Crippen molar-refractivity contribution in [2.75, 3.05) is 0 Å². The summed E-state index contributed by atoms with van der Waals surface area (Å²) in [5.74, 6) is -0.836. The van der Waals surface area contributed by atoms with Crippen molar-refractivity contribution in [1.29, 1.82) is 0 Å². The molecule has 0 radical (unpaired) electrons. The van der Waals surface area contributed by atoms with E-state index < -0.39 is 13.8 Å². The van der Waals surface area contributed by atoms with E-state index in [4.69, 9.17) is 9.79 Å². The molecule has 0 spiro atoms. The topological polar surface area (TPSA) is 83.8 Å².